The summed E-state index contributed by atoms with van der Waals surface area (Å²) in [5.41, 5.74) is 4.99. The first-order chi connectivity index (χ1) is 19.4. The summed E-state index contributed by atoms with van der Waals surface area (Å²) >= 11 is 0. The monoisotopic (exact) mass is 633 g/mol. The maximum Gasteiger partial charge on any atom is 0.335 e. The number of benzene rings is 1. The van der Waals surface area contributed by atoms with E-state index in [1.54, 1.807) is 4.72 Å². The molecule has 0 aliphatic heterocycles. The van der Waals surface area contributed by atoms with Crippen LogP contribution in [0, 0.1) is 0 Å². The first-order valence-electron chi connectivity index (χ1n) is 11.6. The largest absolute Gasteiger partial charge is 0.481 e. The fourth-order valence-corrected chi connectivity index (χ4v) is 4.68. The second-order valence-corrected chi connectivity index (χ2v) is 12.7. The number of amides is 4. The lowest BCUT2D eigenvalue weighted by molar-refractivity contribution is -0.138. The number of nitrogens with one attached hydrogen (secondary N) is 3. The highest BCUT2D eigenvalue weighted by Gasteiger charge is 2.26. The Kier molecular flexibility index (Phi) is 13.3. The summed E-state index contributed by atoms with van der Waals surface area (Å²) in [6.45, 7) is 1.18. The van der Waals surface area contributed by atoms with Crippen LogP contribution < -0.4 is 30.6 Å². The van der Waals surface area contributed by atoms with Gasteiger partial charge in [-0.1, -0.05) is 0 Å². The second-order valence-electron chi connectivity index (χ2n) is 8.52. The Balaban J connectivity index is 0.000000679. The van der Waals surface area contributed by atoms with Crippen LogP contribution in [0.5, 0.6) is 11.8 Å². The minimum absolute atomic E-state index is 0.0412. The van der Waals surface area contributed by atoms with E-state index < -0.39 is 46.2 Å². The van der Waals surface area contributed by atoms with E-state index in [4.69, 9.17) is 25.2 Å². The lowest BCUT2D eigenvalue weighted by Crippen LogP contribution is -2.36. The third-order valence-corrected chi connectivity index (χ3v) is 7.31. The van der Waals surface area contributed by atoms with E-state index in [1.807, 2.05) is 0 Å². The third kappa shape index (κ3) is 11.7. The molecule has 0 bridgehead atoms. The van der Waals surface area contributed by atoms with Crippen LogP contribution in [0.3, 0.4) is 0 Å². The number of nitrogens with zero attached hydrogens (tertiary/aromatic N) is 3. The number of rotatable bonds is 12. The zero-order valence-corrected chi connectivity index (χ0v) is 24.9. The molecule has 20 heteroatoms. The molecule has 42 heavy (non-hydrogen) atoms. The van der Waals surface area contributed by atoms with Gasteiger partial charge in [0.2, 0.25) is 24.1 Å². The van der Waals surface area contributed by atoms with Gasteiger partial charge in [0.25, 0.3) is 15.9 Å². The summed E-state index contributed by atoms with van der Waals surface area (Å²) in [6, 6.07) is 2.73. The van der Waals surface area contributed by atoms with E-state index in [9.17, 15) is 32.2 Å². The van der Waals surface area contributed by atoms with Gasteiger partial charge in [0.15, 0.2) is 7.37 Å². The Bertz CT molecular complexity index is 1430. The fraction of sp³-hybridized carbons (Fsp3) is 0.364. The minimum atomic E-state index is -4.54. The Labute approximate surface area is 241 Å². The average Bonchev–Trinajstić information content (AvgIpc) is 2.90. The van der Waals surface area contributed by atoms with Crippen molar-refractivity contribution in [2.75, 3.05) is 51.8 Å². The van der Waals surface area contributed by atoms with Gasteiger partial charge in [-0.15, -0.1) is 0 Å². The number of nitrogens with two attached hydrogens (primary N) is 1. The molecule has 2 unspecified atom stereocenters. The molecule has 232 valence electrons. The molecule has 1 aromatic heterocycles. The zero-order valence-electron chi connectivity index (χ0n) is 23.2. The predicted octanol–water partition coefficient (Wildman–Crippen LogP) is -0.0371. The Hall–Kier alpha value is -4.32. The van der Waals surface area contributed by atoms with Crippen molar-refractivity contribution in [3.63, 3.8) is 0 Å². The van der Waals surface area contributed by atoms with Crippen molar-refractivity contribution < 1.29 is 51.6 Å². The number of carbonyl (C=O) groups excluding carboxylic acids is 3. The van der Waals surface area contributed by atoms with Crippen LogP contribution in [0.1, 0.15) is 16.8 Å². The molecule has 0 spiro atoms. The molecule has 0 aliphatic rings. The molecule has 7 N–H and O–H groups in total. The minimum Gasteiger partial charge on any atom is -0.481 e. The number of aromatic nitrogens is 2. The number of hydrogen-bond donors (Lipinski definition) is 6. The van der Waals surface area contributed by atoms with Gasteiger partial charge >= 0.3 is 12.0 Å². The summed E-state index contributed by atoms with van der Waals surface area (Å²) in [5.74, 6) is -1.92. The maximum absolute atomic E-state index is 12.8. The number of methoxy groups -OCH3 is 2. The fourth-order valence-electron chi connectivity index (χ4n) is 2.80. The second kappa shape index (κ2) is 15.6. The summed E-state index contributed by atoms with van der Waals surface area (Å²) in [5, 5.41) is 12.7. The number of carbonyl (C=O) groups is 4. The first kappa shape index (κ1) is 35.7. The highest BCUT2D eigenvalue weighted by Crippen LogP contribution is 2.35. The third-order valence-electron chi connectivity index (χ3n) is 4.86. The van der Waals surface area contributed by atoms with E-state index >= 15 is 0 Å². The highest BCUT2D eigenvalue weighted by molar-refractivity contribution is 7.90. The number of urea groups is 1. The van der Waals surface area contributed by atoms with Crippen LogP contribution in [0.2, 0.25) is 0 Å². The van der Waals surface area contributed by atoms with Crippen LogP contribution in [-0.2, 0) is 24.2 Å². The average molecular weight is 634 g/mol. The molecule has 4 amide bonds. The number of ether oxygens (including phenoxy) is 2. The molecule has 1 aromatic carbocycles. The van der Waals surface area contributed by atoms with Gasteiger partial charge in [-0.2, -0.15) is 9.97 Å². The molecule has 0 aliphatic carbocycles. The first-order valence-corrected chi connectivity index (χ1v) is 15.4. The van der Waals surface area contributed by atoms with Gasteiger partial charge in [0.05, 0.1) is 25.8 Å². The van der Waals surface area contributed by atoms with Gasteiger partial charge < -0.3 is 35.4 Å². The van der Waals surface area contributed by atoms with Crippen LogP contribution in [0.4, 0.5) is 16.4 Å². The van der Waals surface area contributed by atoms with Crippen molar-refractivity contribution in [2.45, 2.75) is 17.4 Å². The summed E-state index contributed by atoms with van der Waals surface area (Å²) < 4.78 is 48.0. The van der Waals surface area contributed by atoms with Crippen molar-refractivity contribution in [2.24, 2.45) is 5.73 Å². The van der Waals surface area contributed by atoms with Crippen LogP contribution >= 0.6 is 7.37 Å². The molecular formula is C22H32N7O11PS. The van der Waals surface area contributed by atoms with Crippen molar-refractivity contribution in [3.05, 3.63) is 29.8 Å². The van der Waals surface area contributed by atoms with E-state index in [-0.39, 0.29) is 41.5 Å². The Morgan fingerprint density at radius 3 is 2.17 bits per heavy atom. The number of anilines is 2. The molecule has 0 radical (unpaired) electrons. The molecular weight excluding hydrogens is 601 g/mol. The smallest absolute Gasteiger partial charge is 0.335 e. The van der Waals surface area contributed by atoms with Gasteiger partial charge in [-0.05, 0) is 24.6 Å². The van der Waals surface area contributed by atoms with Crippen molar-refractivity contribution in [1.29, 1.82) is 0 Å². The standard InChI is InChI=1S/C17H20N6O7S.C5H12NO4P/c1-23(2)15(25)11-6-5-10(18-9-24)7-12(11)31(27,28)22-17(26)21-16-19-13(29-3)8-14(20-16)30-4;1-11(9,10)3-2-4(6)5(7)8/h5-9H,1-4H3,(H,18,24)(H2,19,20,21,22,26);4H,2-3,6H2,1H3,(H,7,8)(H,9,10). The van der Waals surface area contributed by atoms with E-state index in [2.05, 4.69) is 20.6 Å². The number of hydrogen-bond acceptors (Lipinski definition) is 12. The van der Waals surface area contributed by atoms with Crippen molar-refractivity contribution in [1.82, 2.24) is 19.6 Å². The maximum atomic E-state index is 12.8. The highest BCUT2D eigenvalue weighted by atomic mass is 32.2. The van der Waals surface area contributed by atoms with Gasteiger partial charge in [0.1, 0.15) is 10.9 Å². The lowest BCUT2D eigenvalue weighted by Gasteiger charge is -2.16. The molecule has 0 saturated carbocycles. The Morgan fingerprint density at radius 2 is 1.71 bits per heavy atom. The van der Waals surface area contributed by atoms with E-state index in [0.29, 0.717) is 6.41 Å². The van der Waals surface area contributed by atoms with Gasteiger partial charge in [-0.3, -0.25) is 24.3 Å². The topological polar surface area (TPSA) is 270 Å². The van der Waals surface area contributed by atoms with Crippen LogP contribution in [-0.4, -0.2) is 105 Å². The number of sulfonamides is 1. The van der Waals surface area contributed by atoms with E-state index in [0.717, 1.165) is 11.0 Å². The zero-order chi connectivity index (χ0) is 32.3. The summed E-state index contributed by atoms with van der Waals surface area (Å²) in [4.78, 5) is 62.6. The molecule has 18 nitrogen and oxygen atoms in total. The number of carboxylic acid groups (broad SMARTS) is 1. The van der Waals surface area contributed by atoms with Crippen LogP contribution in [0.15, 0.2) is 29.2 Å². The number of aliphatic carboxylic acids is 1. The normalized spacial score (nSPS) is 12.7. The quantitative estimate of drug-likeness (QED) is 0.132. The SMILES string of the molecule is COc1cc(OC)nc(NC(=O)NS(=O)(=O)c2cc(NC=O)ccc2C(=O)N(C)C)n1.CP(=O)(O)CCC(N)C(=O)O. The molecule has 1 heterocycles. The predicted molar refractivity (Wildman–Crippen MR) is 149 cm³/mol. The van der Waals surface area contributed by atoms with Crippen LogP contribution in [0.25, 0.3) is 0 Å². The van der Waals surface area contributed by atoms with Gasteiger partial charge in [-0.25, -0.2) is 17.9 Å². The summed E-state index contributed by atoms with van der Waals surface area (Å²) in [7, 11) is -2.11. The summed E-state index contributed by atoms with van der Waals surface area (Å²) in [6.07, 6.45) is 0.340. The molecule has 2 rings (SSSR count). The lowest BCUT2D eigenvalue weighted by atomic mass is 10.2. The van der Waals surface area contributed by atoms with Gasteiger partial charge in [0, 0.05) is 32.6 Å². The molecule has 2 aromatic rings. The molecule has 0 fully saturated rings. The molecule has 2 atom stereocenters. The number of carboxylic acids is 1. The van der Waals surface area contributed by atoms with E-state index in [1.165, 1.54) is 53.2 Å². The Morgan fingerprint density at radius 1 is 1.14 bits per heavy atom. The van der Waals surface area contributed by atoms with Crippen molar-refractivity contribution in [3.8, 4) is 11.8 Å². The molecule has 0 saturated heterocycles. The van der Waals surface area contributed by atoms with Crippen molar-refractivity contribution >= 4 is 53.3 Å².